The maximum Gasteiger partial charge on any atom is 0.217 e. The van der Waals surface area contributed by atoms with Crippen molar-refractivity contribution in [3.8, 4) is 0 Å². The second kappa shape index (κ2) is 6.83. The van der Waals surface area contributed by atoms with E-state index in [9.17, 15) is 4.79 Å². The molecule has 17 heavy (non-hydrogen) atoms. The highest BCUT2D eigenvalue weighted by atomic mass is 16.1. The van der Waals surface area contributed by atoms with E-state index >= 15 is 0 Å². The molecule has 5 heteroatoms. The molecule has 0 atom stereocenters. The normalized spacial score (nSPS) is 10.2. The lowest BCUT2D eigenvalue weighted by molar-refractivity contribution is -0.118. The summed E-state index contributed by atoms with van der Waals surface area (Å²) >= 11 is 0. The first-order valence-electron chi connectivity index (χ1n) is 5.98. The molecule has 0 bridgehead atoms. The Labute approximate surface area is 102 Å². The van der Waals surface area contributed by atoms with Crippen molar-refractivity contribution in [1.29, 1.82) is 0 Å². The lowest BCUT2D eigenvalue weighted by Gasteiger charge is -2.07. The summed E-state index contributed by atoms with van der Waals surface area (Å²) in [5, 5.41) is 3.23. The number of nitrogens with zero attached hydrogens (tertiary/aromatic N) is 2. The number of rotatable bonds is 7. The number of unbranched alkanes of at least 4 members (excludes halogenated alkanes) is 1. The summed E-state index contributed by atoms with van der Waals surface area (Å²) < 4.78 is 0. The topological polar surface area (TPSA) is 80.9 Å². The van der Waals surface area contributed by atoms with Crippen molar-refractivity contribution < 1.29 is 4.79 Å². The molecule has 1 amide bonds. The molecule has 0 unspecified atom stereocenters. The lowest BCUT2D eigenvalue weighted by Crippen LogP contribution is -2.11. The predicted molar refractivity (Wildman–Crippen MR) is 67.7 cm³/mol. The molecule has 94 valence electrons. The van der Waals surface area contributed by atoms with Gasteiger partial charge in [0.15, 0.2) is 0 Å². The molecule has 1 heterocycles. The highest BCUT2D eigenvalue weighted by Crippen LogP contribution is 2.07. The van der Waals surface area contributed by atoms with Crippen molar-refractivity contribution in [2.75, 3.05) is 11.9 Å². The fraction of sp³-hybridized carbons (Fsp3) is 0.583. The first kappa shape index (κ1) is 13.4. The zero-order valence-corrected chi connectivity index (χ0v) is 10.5. The van der Waals surface area contributed by atoms with Crippen LogP contribution in [0.3, 0.4) is 0 Å². The molecule has 0 fully saturated rings. The van der Waals surface area contributed by atoms with Gasteiger partial charge in [0.2, 0.25) is 5.91 Å². The van der Waals surface area contributed by atoms with Crippen molar-refractivity contribution in [3.05, 3.63) is 17.6 Å². The van der Waals surface area contributed by atoms with Crippen molar-refractivity contribution >= 4 is 11.7 Å². The number of aryl methyl sites for hydroxylation is 2. The number of amides is 1. The van der Waals surface area contributed by atoms with Crippen LogP contribution < -0.4 is 11.1 Å². The molecule has 1 rings (SSSR count). The average Bonchev–Trinajstić information content (AvgIpc) is 2.27. The molecule has 0 aliphatic rings. The number of anilines is 1. The summed E-state index contributed by atoms with van der Waals surface area (Å²) in [5.41, 5.74) is 6.10. The molecule has 0 aliphatic heterocycles. The molecule has 0 spiro atoms. The van der Waals surface area contributed by atoms with Crippen LogP contribution in [0.1, 0.15) is 37.7 Å². The molecule has 5 nitrogen and oxygen atoms in total. The predicted octanol–water partition coefficient (Wildman–Crippen LogP) is 1.41. The number of primary amides is 1. The van der Waals surface area contributed by atoms with E-state index in [1.807, 2.05) is 13.0 Å². The third-order valence-corrected chi connectivity index (χ3v) is 2.41. The van der Waals surface area contributed by atoms with Crippen molar-refractivity contribution in [2.45, 2.75) is 39.5 Å². The zero-order chi connectivity index (χ0) is 12.7. The van der Waals surface area contributed by atoms with Gasteiger partial charge in [-0.15, -0.1) is 0 Å². The molecular formula is C12H20N4O. The summed E-state index contributed by atoms with van der Waals surface area (Å²) in [5.74, 6) is 1.40. The first-order valence-corrected chi connectivity index (χ1v) is 5.98. The minimum atomic E-state index is -0.240. The standard InChI is InChI=1S/C12H20N4O/c1-3-10-8-12(16-9(2)15-10)14-7-5-4-6-11(13)17/h8H,3-7H2,1-2H3,(H2,13,17)(H,14,15,16). The van der Waals surface area contributed by atoms with Gasteiger partial charge < -0.3 is 11.1 Å². The van der Waals surface area contributed by atoms with E-state index in [4.69, 9.17) is 5.73 Å². The number of carbonyl (C=O) groups is 1. The van der Waals surface area contributed by atoms with E-state index < -0.39 is 0 Å². The smallest absolute Gasteiger partial charge is 0.217 e. The van der Waals surface area contributed by atoms with E-state index in [0.717, 1.165) is 43.1 Å². The van der Waals surface area contributed by atoms with Gasteiger partial charge in [-0.05, 0) is 26.2 Å². The Morgan fingerprint density at radius 1 is 1.41 bits per heavy atom. The third-order valence-electron chi connectivity index (χ3n) is 2.41. The van der Waals surface area contributed by atoms with Gasteiger partial charge in [-0.1, -0.05) is 6.92 Å². The molecule has 0 aromatic carbocycles. The van der Waals surface area contributed by atoms with Gasteiger partial charge in [0.25, 0.3) is 0 Å². The van der Waals surface area contributed by atoms with Crippen LogP contribution in [-0.4, -0.2) is 22.4 Å². The van der Waals surface area contributed by atoms with Crippen molar-refractivity contribution in [1.82, 2.24) is 9.97 Å². The van der Waals surface area contributed by atoms with E-state index in [0.29, 0.717) is 6.42 Å². The largest absolute Gasteiger partial charge is 0.370 e. The monoisotopic (exact) mass is 236 g/mol. The Hall–Kier alpha value is -1.65. The number of hydrogen-bond donors (Lipinski definition) is 2. The van der Waals surface area contributed by atoms with Crippen LogP contribution in [0.4, 0.5) is 5.82 Å². The number of nitrogens with two attached hydrogens (primary N) is 1. The minimum Gasteiger partial charge on any atom is -0.370 e. The highest BCUT2D eigenvalue weighted by molar-refractivity contribution is 5.73. The summed E-state index contributed by atoms with van der Waals surface area (Å²) in [6, 6.07) is 1.96. The van der Waals surface area contributed by atoms with E-state index in [2.05, 4.69) is 22.2 Å². The van der Waals surface area contributed by atoms with Crippen LogP contribution in [-0.2, 0) is 11.2 Å². The second-order valence-electron chi connectivity index (χ2n) is 4.00. The Morgan fingerprint density at radius 3 is 2.82 bits per heavy atom. The Morgan fingerprint density at radius 2 is 2.18 bits per heavy atom. The molecule has 0 saturated carbocycles. The number of nitrogens with one attached hydrogen (secondary N) is 1. The molecule has 1 aromatic heterocycles. The van der Waals surface area contributed by atoms with Gasteiger partial charge in [0.05, 0.1) is 0 Å². The fourth-order valence-electron chi connectivity index (χ4n) is 1.54. The van der Waals surface area contributed by atoms with Gasteiger partial charge in [-0.25, -0.2) is 9.97 Å². The van der Waals surface area contributed by atoms with Crippen LogP contribution in [0.25, 0.3) is 0 Å². The molecule has 1 aromatic rings. The summed E-state index contributed by atoms with van der Waals surface area (Å²) in [4.78, 5) is 19.2. The molecule has 0 radical (unpaired) electrons. The van der Waals surface area contributed by atoms with E-state index in [-0.39, 0.29) is 5.91 Å². The van der Waals surface area contributed by atoms with Crippen LogP contribution in [0.5, 0.6) is 0 Å². The molecule has 0 saturated heterocycles. The highest BCUT2D eigenvalue weighted by Gasteiger charge is 2.00. The van der Waals surface area contributed by atoms with E-state index in [1.165, 1.54) is 0 Å². The third kappa shape index (κ3) is 5.29. The van der Waals surface area contributed by atoms with Crippen molar-refractivity contribution in [2.24, 2.45) is 5.73 Å². The van der Waals surface area contributed by atoms with Crippen LogP contribution in [0, 0.1) is 6.92 Å². The Balaban J connectivity index is 2.36. The zero-order valence-electron chi connectivity index (χ0n) is 10.5. The summed E-state index contributed by atoms with van der Waals surface area (Å²) in [6.07, 6.45) is 3.07. The number of carbonyl (C=O) groups excluding carboxylic acids is 1. The fourth-order valence-corrected chi connectivity index (χ4v) is 1.54. The number of hydrogen-bond acceptors (Lipinski definition) is 4. The van der Waals surface area contributed by atoms with Gasteiger partial charge in [0.1, 0.15) is 11.6 Å². The van der Waals surface area contributed by atoms with Gasteiger partial charge in [-0.2, -0.15) is 0 Å². The SMILES string of the molecule is CCc1cc(NCCCCC(N)=O)nc(C)n1. The first-order chi connectivity index (χ1) is 8.11. The Kier molecular flexibility index (Phi) is 5.39. The lowest BCUT2D eigenvalue weighted by atomic mass is 10.2. The van der Waals surface area contributed by atoms with Crippen LogP contribution >= 0.6 is 0 Å². The molecule has 3 N–H and O–H groups in total. The quantitative estimate of drug-likeness (QED) is 0.701. The Bertz CT molecular complexity index is 379. The van der Waals surface area contributed by atoms with Crippen molar-refractivity contribution in [3.63, 3.8) is 0 Å². The van der Waals surface area contributed by atoms with Gasteiger partial charge >= 0.3 is 0 Å². The van der Waals surface area contributed by atoms with Crippen LogP contribution in [0.15, 0.2) is 6.07 Å². The molecular weight excluding hydrogens is 216 g/mol. The molecule has 0 aliphatic carbocycles. The maximum atomic E-state index is 10.5. The second-order valence-corrected chi connectivity index (χ2v) is 4.00. The minimum absolute atomic E-state index is 0.240. The number of aromatic nitrogens is 2. The summed E-state index contributed by atoms with van der Waals surface area (Å²) in [6.45, 7) is 4.75. The maximum absolute atomic E-state index is 10.5. The van der Waals surface area contributed by atoms with Gasteiger partial charge in [0, 0.05) is 24.7 Å². The summed E-state index contributed by atoms with van der Waals surface area (Å²) in [7, 11) is 0. The average molecular weight is 236 g/mol. The van der Waals surface area contributed by atoms with Gasteiger partial charge in [-0.3, -0.25) is 4.79 Å². The van der Waals surface area contributed by atoms with Crippen LogP contribution in [0.2, 0.25) is 0 Å². The van der Waals surface area contributed by atoms with E-state index in [1.54, 1.807) is 0 Å².